The Morgan fingerprint density at radius 1 is 1.33 bits per heavy atom. The minimum Gasteiger partial charge on any atom is -0.384 e. The van der Waals surface area contributed by atoms with E-state index in [1.54, 1.807) is 7.11 Å². The average Bonchev–Trinajstić information content (AvgIpc) is 2.24. The Hall–Kier alpha value is -1.33. The normalized spacial score (nSPS) is 17.9. The highest BCUT2D eigenvalue weighted by molar-refractivity contribution is 5.36. The van der Waals surface area contributed by atoms with Gasteiger partial charge < -0.3 is 4.74 Å². The van der Waals surface area contributed by atoms with Crippen molar-refractivity contribution in [2.45, 2.75) is 24.7 Å². The summed E-state index contributed by atoms with van der Waals surface area (Å²) in [6.45, 7) is 0.791. The zero-order valence-electron chi connectivity index (χ0n) is 8.99. The van der Waals surface area contributed by atoms with Gasteiger partial charge in [0.1, 0.15) is 0 Å². The third kappa shape index (κ3) is 1.75. The van der Waals surface area contributed by atoms with Crippen molar-refractivity contribution in [2.75, 3.05) is 13.7 Å². The van der Waals surface area contributed by atoms with Crippen LogP contribution in [-0.2, 0) is 10.2 Å². The summed E-state index contributed by atoms with van der Waals surface area (Å²) in [6.07, 6.45) is 3.68. The predicted molar refractivity (Wildman–Crippen MR) is 58.6 cm³/mol. The first kappa shape index (κ1) is 10.2. The summed E-state index contributed by atoms with van der Waals surface area (Å²) in [5.74, 6) is 0. The van der Waals surface area contributed by atoms with Crippen LogP contribution in [0.4, 0.5) is 0 Å². The Balaban J connectivity index is 2.24. The summed E-state index contributed by atoms with van der Waals surface area (Å²) < 4.78 is 5.30. The smallest absolute Gasteiger partial charge is 0.0991 e. The lowest BCUT2D eigenvalue weighted by Gasteiger charge is -2.41. The van der Waals surface area contributed by atoms with Crippen LogP contribution in [0.1, 0.15) is 30.4 Å². The molecule has 1 saturated carbocycles. The van der Waals surface area contributed by atoms with Gasteiger partial charge in [-0.15, -0.1) is 0 Å². The molecule has 0 aliphatic heterocycles. The molecule has 0 heterocycles. The fraction of sp³-hybridized carbons (Fsp3) is 0.462. The largest absolute Gasteiger partial charge is 0.384 e. The van der Waals surface area contributed by atoms with Crippen molar-refractivity contribution < 1.29 is 4.74 Å². The number of rotatable bonds is 3. The van der Waals surface area contributed by atoms with Crippen molar-refractivity contribution in [3.8, 4) is 6.07 Å². The van der Waals surface area contributed by atoms with Crippen LogP contribution in [0, 0.1) is 11.3 Å². The van der Waals surface area contributed by atoms with E-state index in [-0.39, 0.29) is 5.41 Å². The molecule has 0 aromatic heterocycles. The molecule has 0 atom stereocenters. The van der Waals surface area contributed by atoms with Crippen molar-refractivity contribution in [3.63, 3.8) is 0 Å². The fourth-order valence-electron chi connectivity index (χ4n) is 2.29. The second-order valence-electron chi connectivity index (χ2n) is 4.26. The fourth-order valence-corrected chi connectivity index (χ4v) is 2.29. The standard InChI is InChI=1S/C13H15NO/c1-15-10-13(7-2-8-13)12-5-3-11(9-14)4-6-12/h3-6H,2,7-8,10H2,1H3. The first-order chi connectivity index (χ1) is 7.30. The van der Waals surface area contributed by atoms with E-state index in [9.17, 15) is 0 Å². The van der Waals surface area contributed by atoms with Gasteiger partial charge in [-0.1, -0.05) is 18.6 Å². The van der Waals surface area contributed by atoms with Gasteiger partial charge in [-0.3, -0.25) is 0 Å². The van der Waals surface area contributed by atoms with Crippen LogP contribution < -0.4 is 0 Å². The summed E-state index contributed by atoms with van der Waals surface area (Å²) in [7, 11) is 1.75. The van der Waals surface area contributed by atoms with Gasteiger partial charge in [0.2, 0.25) is 0 Å². The molecule has 1 aromatic rings. The van der Waals surface area contributed by atoms with E-state index in [4.69, 9.17) is 10.00 Å². The Labute approximate surface area is 90.5 Å². The lowest BCUT2D eigenvalue weighted by molar-refractivity contribution is 0.0792. The number of hydrogen-bond donors (Lipinski definition) is 0. The minimum absolute atomic E-state index is 0.225. The molecular formula is C13H15NO. The Morgan fingerprint density at radius 2 is 2.00 bits per heavy atom. The Kier molecular flexibility index (Phi) is 2.75. The van der Waals surface area contributed by atoms with Crippen LogP contribution in [0.2, 0.25) is 0 Å². The number of nitrogens with zero attached hydrogens (tertiary/aromatic N) is 1. The molecule has 1 aliphatic rings. The van der Waals surface area contributed by atoms with Gasteiger partial charge in [-0.2, -0.15) is 5.26 Å². The molecule has 0 radical (unpaired) electrons. The van der Waals surface area contributed by atoms with E-state index in [1.807, 2.05) is 12.1 Å². The third-order valence-electron chi connectivity index (χ3n) is 3.36. The second-order valence-corrected chi connectivity index (χ2v) is 4.26. The van der Waals surface area contributed by atoms with Gasteiger partial charge in [0.15, 0.2) is 0 Å². The van der Waals surface area contributed by atoms with Crippen LogP contribution in [0.25, 0.3) is 0 Å². The van der Waals surface area contributed by atoms with Gasteiger partial charge in [-0.25, -0.2) is 0 Å². The highest BCUT2D eigenvalue weighted by Crippen LogP contribution is 2.43. The number of nitriles is 1. The van der Waals surface area contributed by atoms with Crippen LogP contribution in [-0.4, -0.2) is 13.7 Å². The van der Waals surface area contributed by atoms with Crippen LogP contribution in [0.3, 0.4) is 0 Å². The van der Waals surface area contributed by atoms with E-state index in [1.165, 1.54) is 24.8 Å². The first-order valence-electron chi connectivity index (χ1n) is 5.30. The summed E-state index contributed by atoms with van der Waals surface area (Å²) in [5, 5.41) is 8.73. The lowest BCUT2D eigenvalue weighted by Crippen LogP contribution is -2.38. The maximum Gasteiger partial charge on any atom is 0.0991 e. The first-order valence-corrected chi connectivity index (χ1v) is 5.30. The van der Waals surface area contributed by atoms with Gasteiger partial charge in [-0.05, 0) is 30.5 Å². The van der Waals surface area contributed by atoms with Gasteiger partial charge in [0.05, 0.1) is 18.2 Å². The maximum atomic E-state index is 8.73. The molecule has 2 rings (SSSR count). The maximum absolute atomic E-state index is 8.73. The SMILES string of the molecule is COCC1(c2ccc(C#N)cc2)CCC1. The monoisotopic (exact) mass is 201 g/mol. The summed E-state index contributed by atoms with van der Waals surface area (Å²) in [6, 6.07) is 10.1. The molecule has 0 saturated heterocycles. The van der Waals surface area contributed by atoms with E-state index < -0.39 is 0 Å². The van der Waals surface area contributed by atoms with E-state index in [0.717, 1.165) is 12.2 Å². The Morgan fingerprint density at radius 3 is 2.40 bits per heavy atom. The quantitative estimate of drug-likeness (QED) is 0.753. The molecule has 0 N–H and O–H groups in total. The van der Waals surface area contributed by atoms with Crippen molar-refractivity contribution in [2.24, 2.45) is 0 Å². The number of hydrogen-bond acceptors (Lipinski definition) is 2. The molecule has 0 spiro atoms. The van der Waals surface area contributed by atoms with Gasteiger partial charge in [0, 0.05) is 12.5 Å². The summed E-state index contributed by atoms with van der Waals surface area (Å²) in [5.41, 5.74) is 2.27. The van der Waals surface area contributed by atoms with Crippen molar-refractivity contribution in [3.05, 3.63) is 35.4 Å². The third-order valence-corrected chi connectivity index (χ3v) is 3.36. The molecule has 1 fully saturated rings. The number of benzene rings is 1. The highest BCUT2D eigenvalue weighted by Gasteiger charge is 2.38. The van der Waals surface area contributed by atoms with Crippen molar-refractivity contribution >= 4 is 0 Å². The van der Waals surface area contributed by atoms with E-state index >= 15 is 0 Å². The topological polar surface area (TPSA) is 33.0 Å². The summed E-state index contributed by atoms with van der Waals surface area (Å²) in [4.78, 5) is 0. The number of ether oxygens (including phenoxy) is 1. The average molecular weight is 201 g/mol. The molecule has 1 aromatic carbocycles. The zero-order valence-corrected chi connectivity index (χ0v) is 8.99. The van der Waals surface area contributed by atoms with Crippen LogP contribution in [0.15, 0.2) is 24.3 Å². The van der Waals surface area contributed by atoms with Gasteiger partial charge >= 0.3 is 0 Å². The molecule has 1 aliphatic carbocycles. The molecule has 78 valence electrons. The zero-order chi connectivity index (χ0) is 10.7. The number of methoxy groups -OCH3 is 1. The van der Waals surface area contributed by atoms with E-state index in [2.05, 4.69) is 18.2 Å². The molecule has 2 heteroatoms. The predicted octanol–water partition coefficient (Wildman–Crippen LogP) is 2.63. The summed E-state index contributed by atoms with van der Waals surface area (Å²) >= 11 is 0. The second kappa shape index (κ2) is 4.04. The molecule has 0 amide bonds. The molecular weight excluding hydrogens is 186 g/mol. The molecule has 0 bridgehead atoms. The molecule has 0 unspecified atom stereocenters. The van der Waals surface area contributed by atoms with Gasteiger partial charge in [0.25, 0.3) is 0 Å². The minimum atomic E-state index is 0.225. The van der Waals surface area contributed by atoms with Crippen molar-refractivity contribution in [1.82, 2.24) is 0 Å². The Bertz CT molecular complexity index is 371. The molecule has 15 heavy (non-hydrogen) atoms. The lowest BCUT2D eigenvalue weighted by atomic mass is 9.65. The van der Waals surface area contributed by atoms with Crippen molar-refractivity contribution in [1.29, 1.82) is 5.26 Å². The van der Waals surface area contributed by atoms with E-state index in [0.29, 0.717) is 0 Å². The van der Waals surface area contributed by atoms with Crippen LogP contribution >= 0.6 is 0 Å². The highest BCUT2D eigenvalue weighted by atomic mass is 16.5. The molecule has 2 nitrogen and oxygen atoms in total. The van der Waals surface area contributed by atoms with Crippen LogP contribution in [0.5, 0.6) is 0 Å².